The van der Waals surface area contributed by atoms with Crippen LogP contribution in [0.2, 0.25) is 0 Å². The number of hydrogen-bond donors (Lipinski definition) is 2. The number of carbonyl (C=O) groups excluding carboxylic acids is 1. The molecule has 2 heterocycles. The molecule has 0 aromatic heterocycles. The van der Waals surface area contributed by atoms with Crippen LogP contribution in [0.4, 0.5) is 0 Å². The van der Waals surface area contributed by atoms with Crippen molar-refractivity contribution in [2.24, 2.45) is 0 Å². The first-order valence-corrected chi connectivity index (χ1v) is 8.54. The number of aliphatic hydroxyl groups excluding tert-OH is 1. The number of hydrogen-bond acceptors (Lipinski definition) is 5. The van der Waals surface area contributed by atoms with Gasteiger partial charge in [-0.1, -0.05) is 36.4 Å². The lowest BCUT2D eigenvalue weighted by Crippen LogP contribution is -2.34. The van der Waals surface area contributed by atoms with Gasteiger partial charge in [-0.05, 0) is 37.6 Å². The average molecular weight is 352 g/mol. The normalized spacial score (nSPS) is 25.7. The number of carbonyl (C=O) groups is 1. The van der Waals surface area contributed by atoms with Crippen molar-refractivity contribution in [3.63, 3.8) is 0 Å². The summed E-state index contributed by atoms with van der Waals surface area (Å²) in [5.41, 5.74) is 0.725. The molecule has 0 saturated carbocycles. The van der Waals surface area contributed by atoms with E-state index in [1.165, 1.54) is 12.1 Å². The second-order valence-corrected chi connectivity index (χ2v) is 7.16. The Labute approximate surface area is 151 Å². The van der Waals surface area contributed by atoms with Crippen molar-refractivity contribution in [3.8, 4) is 11.5 Å². The number of phenolic OH excluding ortho intramolecular Hbond substituents is 1. The molecule has 2 aromatic rings. The molecule has 0 bridgehead atoms. The Morgan fingerprint density at radius 3 is 2.62 bits per heavy atom. The maximum atomic E-state index is 12.6. The van der Waals surface area contributed by atoms with E-state index in [2.05, 4.69) is 0 Å². The summed E-state index contributed by atoms with van der Waals surface area (Å²) in [6, 6.07) is 12.6. The molecule has 1 fully saturated rings. The molecule has 134 valence electrons. The first kappa shape index (κ1) is 16.8. The molecule has 5 nitrogen and oxygen atoms in total. The summed E-state index contributed by atoms with van der Waals surface area (Å²) < 4.78 is 11.5. The third-order valence-electron chi connectivity index (χ3n) is 5.01. The van der Waals surface area contributed by atoms with Gasteiger partial charge in [0.1, 0.15) is 11.5 Å². The minimum Gasteiger partial charge on any atom is -0.507 e. The number of ether oxygens (including phenoxy) is 2. The van der Waals surface area contributed by atoms with Crippen LogP contribution >= 0.6 is 0 Å². The fourth-order valence-corrected chi connectivity index (χ4v) is 3.58. The molecule has 2 N–H and O–H groups in total. The highest BCUT2D eigenvalue weighted by Gasteiger charge is 2.56. The van der Waals surface area contributed by atoms with Gasteiger partial charge in [-0.3, -0.25) is 4.79 Å². The third kappa shape index (κ3) is 2.60. The molecule has 3 atom stereocenters. The van der Waals surface area contributed by atoms with Crippen molar-refractivity contribution >= 4 is 11.9 Å². The summed E-state index contributed by atoms with van der Waals surface area (Å²) >= 11 is 0. The van der Waals surface area contributed by atoms with E-state index in [0.717, 1.165) is 5.56 Å². The van der Waals surface area contributed by atoms with E-state index >= 15 is 0 Å². The summed E-state index contributed by atoms with van der Waals surface area (Å²) in [6.07, 6.45) is 1.62. The number of allylic oxidation sites excluding steroid dienone is 1. The monoisotopic (exact) mass is 352 g/mol. The fraction of sp³-hybridized carbons (Fsp3) is 0.286. The topological polar surface area (TPSA) is 76.0 Å². The predicted octanol–water partition coefficient (Wildman–Crippen LogP) is 3.26. The smallest absolute Gasteiger partial charge is 0.210 e. The first-order chi connectivity index (χ1) is 12.4. The van der Waals surface area contributed by atoms with Gasteiger partial charge in [0.25, 0.3) is 0 Å². The largest absolute Gasteiger partial charge is 0.507 e. The van der Waals surface area contributed by atoms with Gasteiger partial charge in [0, 0.05) is 5.56 Å². The number of rotatable bonds is 3. The van der Waals surface area contributed by atoms with Crippen LogP contribution < -0.4 is 4.74 Å². The zero-order chi connectivity index (χ0) is 18.5. The molecule has 0 aliphatic carbocycles. The standard InChI is InChI=1S/C21H20O5/c1-21(2)19(24)17-16-15(25-20(17)26-21)11-9-13(18(16)23)14(22)10-8-12-6-4-3-5-7-12/h3-11,17,19-20,23-24H,1-2H3/b10-8+/t17-,19-,20+/m1/s1. The van der Waals surface area contributed by atoms with E-state index in [9.17, 15) is 15.0 Å². The molecule has 4 rings (SSSR count). The number of aromatic hydroxyl groups is 1. The molecule has 5 heteroatoms. The van der Waals surface area contributed by atoms with Crippen LogP contribution in [0, 0.1) is 0 Å². The predicted molar refractivity (Wildman–Crippen MR) is 96.2 cm³/mol. The second-order valence-electron chi connectivity index (χ2n) is 7.16. The molecule has 0 unspecified atom stereocenters. The number of benzene rings is 2. The molecular weight excluding hydrogens is 332 g/mol. The highest BCUT2D eigenvalue weighted by atomic mass is 16.7. The van der Waals surface area contributed by atoms with Gasteiger partial charge in [0.05, 0.1) is 23.2 Å². The molecule has 0 amide bonds. The van der Waals surface area contributed by atoms with Gasteiger partial charge in [-0.15, -0.1) is 0 Å². The lowest BCUT2D eigenvalue weighted by atomic mass is 9.86. The summed E-state index contributed by atoms with van der Waals surface area (Å²) in [5, 5.41) is 21.3. The molecule has 0 spiro atoms. The number of ketones is 1. The van der Waals surface area contributed by atoms with Crippen molar-refractivity contribution in [2.75, 3.05) is 0 Å². The van der Waals surface area contributed by atoms with Crippen LogP contribution in [0.25, 0.3) is 6.08 Å². The van der Waals surface area contributed by atoms with Crippen molar-refractivity contribution < 1.29 is 24.5 Å². The van der Waals surface area contributed by atoms with Gasteiger partial charge in [0.2, 0.25) is 6.29 Å². The number of aliphatic hydroxyl groups is 1. The third-order valence-corrected chi connectivity index (χ3v) is 5.01. The maximum Gasteiger partial charge on any atom is 0.210 e. The van der Waals surface area contributed by atoms with E-state index in [4.69, 9.17) is 9.47 Å². The fourth-order valence-electron chi connectivity index (χ4n) is 3.58. The molecule has 2 aliphatic heterocycles. The number of fused-ring (bicyclic) bond motifs is 3. The zero-order valence-electron chi connectivity index (χ0n) is 14.5. The SMILES string of the molecule is CC1(C)O[C@@H]2Oc3ccc(C(=O)/C=C/c4ccccc4)c(O)c3[C@@H]2[C@H]1O. The molecule has 2 aromatic carbocycles. The van der Waals surface area contributed by atoms with E-state index in [-0.39, 0.29) is 17.1 Å². The summed E-state index contributed by atoms with van der Waals surface area (Å²) in [6.45, 7) is 3.54. The van der Waals surface area contributed by atoms with Crippen LogP contribution in [0.15, 0.2) is 48.5 Å². The van der Waals surface area contributed by atoms with Gasteiger partial charge in [-0.2, -0.15) is 0 Å². The van der Waals surface area contributed by atoms with E-state index < -0.39 is 23.9 Å². The van der Waals surface area contributed by atoms with Gasteiger partial charge in [-0.25, -0.2) is 0 Å². The Kier molecular flexibility index (Phi) is 3.86. The van der Waals surface area contributed by atoms with Crippen molar-refractivity contribution in [1.82, 2.24) is 0 Å². The van der Waals surface area contributed by atoms with Gasteiger partial charge >= 0.3 is 0 Å². The summed E-state index contributed by atoms with van der Waals surface area (Å²) in [4.78, 5) is 12.6. The minimum atomic E-state index is -0.843. The molecular formula is C21H20O5. The van der Waals surface area contributed by atoms with Crippen LogP contribution in [0.5, 0.6) is 11.5 Å². The Hall–Kier alpha value is -2.63. The van der Waals surface area contributed by atoms with Crippen LogP contribution in [-0.2, 0) is 4.74 Å². The van der Waals surface area contributed by atoms with Crippen LogP contribution in [0.3, 0.4) is 0 Å². The highest BCUT2D eigenvalue weighted by molar-refractivity contribution is 6.09. The summed E-state index contributed by atoms with van der Waals surface area (Å²) in [7, 11) is 0. The quantitative estimate of drug-likeness (QED) is 0.655. The Balaban J connectivity index is 1.67. The molecule has 26 heavy (non-hydrogen) atoms. The maximum absolute atomic E-state index is 12.6. The average Bonchev–Trinajstić information content (AvgIpc) is 3.07. The van der Waals surface area contributed by atoms with Crippen molar-refractivity contribution in [1.29, 1.82) is 0 Å². The van der Waals surface area contributed by atoms with E-state index in [0.29, 0.717) is 11.3 Å². The van der Waals surface area contributed by atoms with Crippen LogP contribution in [-0.4, -0.2) is 34.0 Å². The first-order valence-electron chi connectivity index (χ1n) is 8.54. The minimum absolute atomic E-state index is 0.155. The van der Waals surface area contributed by atoms with Crippen LogP contribution in [0.1, 0.15) is 41.3 Å². The van der Waals surface area contributed by atoms with Crippen molar-refractivity contribution in [3.05, 3.63) is 65.2 Å². The Morgan fingerprint density at radius 1 is 1.15 bits per heavy atom. The van der Waals surface area contributed by atoms with Crippen molar-refractivity contribution in [2.45, 2.75) is 37.8 Å². The number of phenols is 1. The molecule has 1 saturated heterocycles. The Morgan fingerprint density at radius 2 is 1.88 bits per heavy atom. The zero-order valence-corrected chi connectivity index (χ0v) is 14.5. The highest BCUT2D eigenvalue weighted by Crippen LogP contribution is 2.53. The molecule has 2 aliphatic rings. The summed E-state index contributed by atoms with van der Waals surface area (Å²) in [5.74, 6) is -0.551. The van der Waals surface area contributed by atoms with E-state index in [1.54, 1.807) is 26.0 Å². The van der Waals surface area contributed by atoms with E-state index in [1.807, 2.05) is 30.3 Å². The lowest BCUT2D eigenvalue weighted by molar-refractivity contribution is -0.118. The second kappa shape index (κ2) is 5.97. The Bertz CT molecular complexity index is 885. The molecule has 0 radical (unpaired) electrons. The van der Waals surface area contributed by atoms with Gasteiger partial charge in [0.15, 0.2) is 5.78 Å². The lowest BCUT2D eigenvalue weighted by Gasteiger charge is -2.24. The van der Waals surface area contributed by atoms with Gasteiger partial charge < -0.3 is 19.7 Å².